The predicted molar refractivity (Wildman–Crippen MR) is 69.5 cm³/mol. The topological polar surface area (TPSA) is 81.6 Å². The molecule has 0 unspecified atom stereocenters. The molecule has 0 saturated heterocycles. The van der Waals surface area contributed by atoms with E-state index in [1.54, 1.807) is 24.3 Å². The first-order valence-electron chi connectivity index (χ1n) is 5.84. The van der Waals surface area contributed by atoms with Crippen LogP contribution >= 0.6 is 0 Å². The fourth-order valence-corrected chi connectivity index (χ4v) is 1.91. The number of hydrogen-bond acceptors (Lipinski definition) is 5. The number of nitrogen functional groups attached to an aromatic ring is 1. The molecule has 2 aromatic heterocycles. The Balaban J connectivity index is 2.22. The average molecular weight is 294 g/mol. The molecule has 0 spiro atoms. The summed E-state index contributed by atoms with van der Waals surface area (Å²) in [7, 11) is 0. The summed E-state index contributed by atoms with van der Waals surface area (Å²) in [6.07, 6.45) is -3.20. The first-order chi connectivity index (χ1) is 9.99. The minimum atomic E-state index is -4.60. The molecule has 0 fully saturated rings. The van der Waals surface area contributed by atoms with Crippen LogP contribution in [0.4, 0.5) is 19.1 Å². The highest BCUT2D eigenvalue weighted by Gasteiger charge is 2.34. The van der Waals surface area contributed by atoms with Gasteiger partial charge in [0.25, 0.3) is 0 Å². The smallest absolute Gasteiger partial charge is 0.292 e. The SMILES string of the molecule is NNc1nc(-n2cnc3ccccc32)cc(C(F)(F)F)n1. The van der Waals surface area contributed by atoms with Gasteiger partial charge in [0, 0.05) is 6.07 Å². The number of nitrogens with one attached hydrogen (secondary N) is 1. The van der Waals surface area contributed by atoms with Crippen molar-refractivity contribution in [1.82, 2.24) is 19.5 Å². The lowest BCUT2D eigenvalue weighted by atomic mass is 10.3. The number of anilines is 1. The molecule has 3 N–H and O–H groups in total. The number of fused-ring (bicyclic) bond motifs is 1. The Kier molecular flexibility index (Phi) is 2.98. The van der Waals surface area contributed by atoms with Crippen LogP contribution in [0.25, 0.3) is 16.9 Å². The molecule has 0 bridgehead atoms. The first kappa shape index (κ1) is 13.3. The molecule has 6 nitrogen and oxygen atoms in total. The molecular weight excluding hydrogens is 285 g/mol. The number of nitrogens with zero attached hydrogens (tertiary/aromatic N) is 4. The number of aromatic nitrogens is 4. The van der Waals surface area contributed by atoms with Crippen LogP contribution < -0.4 is 11.3 Å². The van der Waals surface area contributed by atoms with E-state index in [4.69, 9.17) is 5.84 Å². The number of alkyl halides is 3. The maximum absolute atomic E-state index is 12.9. The van der Waals surface area contributed by atoms with Crippen molar-refractivity contribution >= 4 is 17.0 Å². The van der Waals surface area contributed by atoms with E-state index >= 15 is 0 Å². The number of hydrazine groups is 1. The molecule has 108 valence electrons. The summed E-state index contributed by atoms with van der Waals surface area (Å²) < 4.78 is 40.0. The van der Waals surface area contributed by atoms with E-state index in [0.717, 1.165) is 6.07 Å². The van der Waals surface area contributed by atoms with Gasteiger partial charge in [-0.05, 0) is 12.1 Å². The Morgan fingerprint density at radius 3 is 2.62 bits per heavy atom. The Labute approximate surface area is 116 Å². The second-order valence-electron chi connectivity index (χ2n) is 4.18. The minimum Gasteiger partial charge on any atom is -0.292 e. The zero-order chi connectivity index (χ0) is 15.0. The molecule has 9 heteroatoms. The van der Waals surface area contributed by atoms with Crippen LogP contribution in [0.5, 0.6) is 0 Å². The number of hydrogen-bond donors (Lipinski definition) is 2. The molecule has 2 heterocycles. The van der Waals surface area contributed by atoms with Crippen molar-refractivity contribution in [3.63, 3.8) is 0 Å². The van der Waals surface area contributed by atoms with Crippen LogP contribution in [0.2, 0.25) is 0 Å². The molecular formula is C12H9F3N6. The molecule has 0 atom stereocenters. The molecule has 0 saturated carbocycles. The highest BCUT2D eigenvalue weighted by molar-refractivity contribution is 5.76. The quantitative estimate of drug-likeness (QED) is 0.559. The van der Waals surface area contributed by atoms with Crippen molar-refractivity contribution in [1.29, 1.82) is 0 Å². The maximum atomic E-state index is 12.9. The van der Waals surface area contributed by atoms with Gasteiger partial charge in [0.15, 0.2) is 5.69 Å². The van der Waals surface area contributed by atoms with Crippen molar-refractivity contribution in [2.45, 2.75) is 6.18 Å². The molecule has 0 amide bonds. The van der Waals surface area contributed by atoms with E-state index in [1.165, 1.54) is 10.9 Å². The van der Waals surface area contributed by atoms with Gasteiger partial charge in [-0.1, -0.05) is 12.1 Å². The van der Waals surface area contributed by atoms with Gasteiger partial charge in [-0.3, -0.25) is 9.99 Å². The van der Waals surface area contributed by atoms with Crippen LogP contribution in [-0.4, -0.2) is 19.5 Å². The van der Waals surface area contributed by atoms with E-state index in [-0.39, 0.29) is 11.8 Å². The number of halogens is 3. The Morgan fingerprint density at radius 2 is 1.90 bits per heavy atom. The summed E-state index contributed by atoms with van der Waals surface area (Å²) in [6, 6.07) is 7.87. The fourth-order valence-electron chi connectivity index (χ4n) is 1.91. The largest absolute Gasteiger partial charge is 0.433 e. The van der Waals surface area contributed by atoms with Crippen molar-refractivity contribution in [2.24, 2.45) is 5.84 Å². The number of nitrogens with two attached hydrogens (primary N) is 1. The van der Waals surface area contributed by atoms with Gasteiger partial charge in [0.2, 0.25) is 5.95 Å². The number of rotatable bonds is 2. The molecule has 1 aromatic carbocycles. The fraction of sp³-hybridized carbons (Fsp3) is 0.0833. The third-order valence-corrected chi connectivity index (χ3v) is 2.83. The lowest BCUT2D eigenvalue weighted by Crippen LogP contribution is -2.17. The molecule has 3 aromatic rings. The van der Waals surface area contributed by atoms with E-state index < -0.39 is 11.9 Å². The Bertz CT molecular complexity index is 795. The van der Waals surface area contributed by atoms with Gasteiger partial charge in [0.1, 0.15) is 12.1 Å². The second-order valence-corrected chi connectivity index (χ2v) is 4.18. The lowest BCUT2D eigenvalue weighted by Gasteiger charge is -2.10. The van der Waals surface area contributed by atoms with Crippen LogP contribution in [0.15, 0.2) is 36.7 Å². The molecule has 0 aliphatic rings. The summed E-state index contributed by atoms with van der Waals surface area (Å²) in [6.45, 7) is 0. The third-order valence-electron chi connectivity index (χ3n) is 2.83. The normalized spacial score (nSPS) is 11.8. The molecule has 0 aliphatic heterocycles. The van der Waals surface area contributed by atoms with Gasteiger partial charge in [-0.25, -0.2) is 15.8 Å². The van der Waals surface area contributed by atoms with E-state index in [2.05, 4.69) is 15.0 Å². The monoisotopic (exact) mass is 294 g/mol. The number of imidazole rings is 1. The summed E-state index contributed by atoms with van der Waals surface area (Å²) >= 11 is 0. The first-order valence-corrected chi connectivity index (χ1v) is 5.84. The number of para-hydroxylation sites is 2. The summed E-state index contributed by atoms with van der Waals surface area (Å²) in [5.41, 5.74) is 2.23. The highest BCUT2D eigenvalue weighted by Crippen LogP contribution is 2.29. The maximum Gasteiger partial charge on any atom is 0.433 e. The summed E-state index contributed by atoms with van der Waals surface area (Å²) in [5, 5.41) is 0. The standard InChI is InChI=1S/C12H9F3N6/c13-12(14,15)9-5-10(19-11(18-9)20-16)21-6-17-7-3-1-2-4-8(7)21/h1-6H,16H2,(H,18,19,20). The molecule has 3 rings (SSSR count). The van der Waals surface area contributed by atoms with Gasteiger partial charge in [-0.2, -0.15) is 18.2 Å². The van der Waals surface area contributed by atoms with Crippen molar-refractivity contribution in [3.05, 3.63) is 42.4 Å². The van der Waals surface area contributed by atoms with Crippen LogP contribution in [0, 0.1) is 0 Å². The van der Waals surface area contributed by atoms with Crippen molar-refractivity contribution < 1.29 is 13.2 Å². The predicted octanol–water partition coefficient (Wildman–Crippen LogP) is 2.12. The Hall–Kier alpha value is -2.68. The highest BCUT2D eigenvalue weighted by atomic mass is 19.4. The van der Waals surface area contributed by atoms with Gasteiger partial charge < -0.3 is 0 Å². The summed E-state index contributed by atoms with van der Waals surface area (Å²) in [5.74, 6) is 4.83. The van der Waals surface area contributed by atoms with Gasteiger partial charge >= 0.3 is 6.18 Å². The van der Waals surface area contributed by atoms with Gasteiger partial charge in [-0.15, -0.1) is 0 Å². The molecule has 21 heavy (non-hydrogen) atoms. The second kappa shape index (κ2) is 4.70. The third kappa shape index (κ3) is 2.38. The van der Waals surface area contributed by atoms with Crippen LogP contribution in [0.1, 0.15) is 5.69 Å². The number of benzene rings is 1. The van der Waals surface area contributed by atoms with Crippen LogP contribution in [0.3, 0.4) is 0 Å². The molecule has 0 aliphatic carbocycles. The van der Waals surface area contributed by atoms with E-state index in [9.17, 15) is 13.2 Å². The van der Waals surface area contributed by atoms with Gasteiger partial charge in [0.05, 0.1) is 11.0 Å². The van der Waals surface area contributed by atoms with Crippen LogP contribution in [-0.2, 0) is 6.18 Å². The molecule has 0 radical (unpaired) electrons. The van der Waals surface area contributed by atoms with Crippen molar-refractivity contribution in [2.75, 3.05) is 5.43 Å². The average Bonchev–Trinajstić information content (AvgIpc) is 2.89. The Morgan fingerprint density at radius 1 is 1.14 bits per heavy atom. The van der Waals surface area contributed by atoms with E-state index in [1.807, 2.05) is 5.43 Å². The zero-order valence-electron chi connectivity index (χ0n) is 10.5. The lowest BCUT2D eigenvalue weighted by molar-refractivity contribution is -0.141. The van der Waals surface area contributed by atoms with Crippen molar-refractivity contribution in [3.8, 4) is 5.82 Å². The zero-order valence-corrected chi connectivity index (χ0v) is 10.5. The summed E-state index contributed by atoms with van der Waals surface area (Å²) in [4.78, 5) is 11.4. The van der Waals surface area contributed by atoms with E-state index in [0.29, 0.717) is 11.0 Å². The minimum absolute atomic E-state index is 0.0268.